The predicted molar refractivity (Wildman–Crippen MR) is 81.9 cm³/mol. The van der Waals surface area contributed by atoms with Crippen molar-refractivity contribution in [1.82, 2.24) is 9.97 Å². The normalized spacial score (nSPS) is 21.2. The van der Waals surface area contributed by atoms with Gasteiger partial charge in [0.05, 0.1) is 5.39 Å². The molecule has 3 rings (SSSR count). The van der Waals surface area contributed by atoms with E-state index >= 15 is 0 Å². The summed E-state index contributed by atoms with van der Waals surface area (Å²) in [7, 11) is 0. The van der Waals surface area contributed by atoms with Gasteiger partial charge in [-0.1, -0.05) is 20.3 Å². The van der Waals surface area contributed by atoms with Crippen LogP contribution in [0, 0.1) is 5.92 Å². The second-order valence-electron chi connectivity index (χ2n) is 5.51. The molecule has 2 aromatic rings. The first-order valence-corrected chi connectivity index (χ1v) is 8.14. The lowest BCUT2D eigenvalue weighted by molar-refractivity contribution is 0.420. The SMILES string of the molecule is CCCC(C)C1CCCN1c1ncnc2sccc12. The summed E-state index contributed by atoms with van der Waals surface area (Å²) in [6.07, 6.45) is 6.88. The number of fused-ring (bicyclic) bond motifs is 1. The van der Waals surface area contributed by atoms with E-state index in [1.807, 2.05) is 0 Å². The third kappa shape index (κ3) is 2.34. The molecule has 102 valence electrons. The Kier molecular flexibility index (Phi) is 3.69. The quantitative estimate of drug-likeness (QED) is 0.841. The maximum absolute atomic E-state index is 4.58. The minimum atomic E-state index is 0.651. The van der Waals surface area contributed by atoms with Crippen LogP contribution >= 0.6 is 11.3 Å². The largest absolute Gasteiger partial charge is 0.353 e. The van der Waals surface area contributed by atoms with E-state index in [0.717, 1.165) is 23.1 Å². The molecule has 0 aromatic carbocycles. The molecule has 0 amide bonds. The van der Waals surface area contributed by atoms with Gasteiger partial charge in [-0.3, -0.25) is 0 Å². The van der Waals surface area contributed by atoms with Crippen LogP contribution in [0.4, 0.5) is 5.82 Å². The fraction of sp³-hybridized carbons (Fsp3) is 0.600. The third-order valence-electron chi connectivity index (χ3n) is 4.21. The van der Waals surface area contributed by atoms with Crippen LogP contribution in [0.1, 0.15) is 39.5 Å². The number of anilines is 1. The van der Waals surface area contributed by atoms with Crippen molar-refractivity contribution in [3.63, 3.8) is 0 Å². The van der Waals surface area contributed by atoms with Crippen LogP contribution in [-0.2, 0) is 0 Å². The van der Waals surface area contributed by atoms with Gasteiger partial charge in [-0.2, -0.15) is 0 Å². The van der Waals surface area contributed by atoms with Crippen molar-refractivity contribution in [2.45, 2.75) is 45.6 Å². The molecular weight excluding hydrogens is 254 g/mol. The third-order valence-corrected chi connectivity index (χ3v) is 5.03. The van der Waals surface area contributed by atoms with Gasteiger partial charge >= 0.3 is 0 Å². The molecule has 19 heavy (non-hydrogen) atoms. The summed E-state index contributed by atoms with van der Waals surface area (Å²) < 4.78 is 0. The molecule has 2 unspecified atom stereocenters. The highest BCUT2D eigenvalue weighted by Crippen LogP contribution is 2.34. The Labute approximate surface area is 118 Å². The van der Waals surface area contributed by atoms with Crippen molar-refractivity contribution in [2.24, 2.45) is 5.92 Å². The number of hydrogen-bond donors (Lipinski definition) is 0. The van der Waals surface area contributed by atoms with Gasteiger partial charge in [0.1, 0.15) is 17.0 Å². The topological polar surface area (TPSA) is 29.0 Å². The second-order valence-corrected chi connectivity index (χ2v) is 6.40. The summed E-state index contributed by atoms with van der Waals surface area (Å²) in [6, 6.07) is 2.81. The maximum atomic E-state index is 4.58. The maximum Gasteiger partial charge on any atom is 0.141 e. The Morgan fingerprint density at radius 3 is 3.21 bits per heavy atom. The average molecular weight is 275 g/mol. The van der Waals surface area contributed by atoms with Gasteiger partial charge in [0, 0.05) is 12.6 Å². The fourth-order valence-electron chi connectivity index (χ4n) is 3.30. The monoisotopic (exact) mass is 275 g/mol. The number of hydrogen-bond acceptors (Lipinski definition) is 4. The molecule has 0 radical (unpaired) electrons. The highest BCUT2D eigenvalue weighted by atomic mass is 32.1. The first-order chi connectivity index (χ1) is 9.31. The van der Waals surface area contributed by atoms with E-state index in [9.17, 15) is 0 Å². The van der Waals surface area contributed by atoms with Crippen molar-refractivity contribution in [3.05, 3.63) is 17.8 Å². The van der Waals surface area contributed by atoms with E-state index in [1.54, 1.807) is 17.7 Å². The molecule has 2 aromatic heterocycles. The molecule has 1 fully saturated rings. The van der Waals surface area contributed by atoms with Crippen LogP contribution in [-0.4, -0.2) is 22.6 Å². The summed E-state index contributed by atoms with van der Waals surface area (Å²) in [5, 5.41) is 3.34. The van der Waals surface area contributed by atoms with E-state index in [1.165, 1.54) is 31.1 Å². The Hall–Kier alpha value is -1.16. The first kappa shape index (κ1) is 12.9. The minimum absolute atomic E-state index is 0.651. The molecule has 1 aliphatic heterocycles. The molecular formula is C15H21N3S. The zero-order chi connectivity index (χ0) is 13.2. The molecule has 0 bridgehead atoms. The van der Waals surface area contributed by atoms with E-state index in [4.69, 9.17) is 0 Å². The second kappa shape index (κ2) is 5.45. The molecule has 3 heterocycles. The Balaban J connectivity index is 1.94. The molecule has 1 aliphatic rings. The Bertz CT molecular complexity index is 551. The Morgan fingerprint density at radius 2 is 2.37 bits per heavy atom. The van der Waals surface area contributed by atoms with E-state index in [-0.39, 0.29) is 0 Å². The van der Waals surface area contributed by atoms with Gasteiger partial charge in [0.15, 0.2) is 0 Å². The van der Waals surface area contributed by atoms with Crippen LogP contribution < -0.4 is 4.90 Å². The van der Waals surface area contributed by atoms with Crippen LogP contribution in [0.25, 0.3) is 10.2 Å². The standard InChI is InChI=1S/C15H21N3S/c1-3-5-11(2)13-6-4-8-18(13)14-12-7-9-19-15(12)17-10-16-14/h7,9-11,13H,3-6,8H2,1-2H3. The number of aromatic nitrogens is 2. The van der Waals surface area contributed by atoms with Gasteiger partial charge in [-0.05, 0) is 36.6 Å². The molecule has 0 saturated carbocycles. The van der Waals surface area contributed by atoms with Crippen molar-refractivity contribution in [2.75, 3.05) is 11.4 Å². The highest BCUT2D eigenvalue weighted by molar-refractivity contribution is 7.16. The van der Waals surface area contributed by atoms with E-state index < -0.39 is 0 Å². The smallest absolute Gasteiger partial charge is 0.141 e. The summed E-state index contributed by atoms with van der Waals surface area (Å²) in [5.41, 5.74) is 0. The predicted octanol–water partition coefficient (Wildman–Crippen LogP) is 4.10. The van der Waals surface area contributed by atoms with Gasteiger partial charge < -0.3 is 4.90 Å². The molecule has 2 atom stereocenters. The van der Waals surface area contributed by atoms with Crippen molar-refractivity contribution in [1.29, 1.82) is 0 Å². The summed E-state index contributed by atoms with van der Waals surface area (Å²) in [5.74, 6) is 1.90. The molecule has 0 aliphatic carbocycles. The van der Waals surface area contributed by atoms with E-state index in [0.29, 0.717) is 6.04 Å². The molecule has 0 spiro atoms. The summed E-state index contributed by atoms with van der Waals surface area (Å²) in [6.45, 7) is 5.80. The lowest BCUT2D eigenvalue weighted by Crippen LogP contribution is -2.35. The lowest BCUT2D eigenvalue weighted by Gasteiger charge is -2.30. The van der Waals surface area contributed by atoms with Crippen LogP contribution in [0.15, 0.2) is 17.8 Å². The van der Waals surface area contributed by atoms with Gasteiger partial charge in [0.2, 0.25) is 0 Å². The Morgan fingerprint density at radius 1 is 1.47 bits per heavy atom. The lowest BCUT2D eigenvalue weighted by atomic mass is 9.95. The van der Waals surface area contributed by atoms with Gasteiger partial charge in [0.25, 0.3) is 0 Å². The van der Waals surface area contributed by atoms with Crippen LogP contribution in [0.3, 0.4) is 0 Å². The number of thiophene rings is 1. The van der Waals surface area contributed by atoms with E-state index in [2.05, 4.69) is 40.2 Å². The fourth-order valence-corrected chi connectivity index (χ4v) is 4.03. The summed E-state index contributed by atoms with van der Waals surface area (Å²) >= 11 is 1.70. The molecule has 3 nitrogen and oxygen atoms in total. The minimum Gasteiger partial charge on any atom is -0.353 e. The first-order valence-electron chi connectivity index (χ1n) is 7.26. The van der Waals surface area contributed by atoms with Gasteiger partial charge in [-0.25, -0.2) is 9.97 Å². The van der Waals surface area contributed by atoms with Crippen molar-refractivity contribution >= 4 is 27.4 Å². The molecule has 0 N–H and O–H groups in total. The number of nitrogens with zero attached hydrogens (tertiary/aromatic N) is 3. The highest BCUT2D eigenvalue weighted by Gasteiger charge is 2.30. The molecule has 1 saturated heterocycles. The van der Waals surface area contributed by atoms with Gasteiger partial charge in [-0.15, -0.1) is 11.3 Å². The zero-order valence-electron chi connectivity index (χ0n) is 11.7. The average Bonchev–Trinajstić information content (AvgIpc) is 3.07. The zero-order valence-corrected chi connectivity index (χ0v) is 12.5. The molecule has 4 heteroatoms. The van der Waals surface area contributed by atoms with Crippen molar-refractivity contribution < 1.29 is 0 Å². The van der Waals surface area contributed by atoms with Crippen LogP contribution in [0.5, 0.6) is 0 Å². The van der Waals surface area contributed by atoms with Crippen LogP contribution in [0.2, 0.25) is 0 Å². The number of rotatable bonds is 4. The van der Waals surface area contributed by atoms with Crippen molar-refractivity contribution in [3.8, 4) is 0 Å². The summed E-state index contributed by atoms with van der Waals surface area (Å²) in [4.78, 5) is 12.6.